The van der Waals surface area contributed by atoms with E-state index in [1.54, 1.807) is 35.2 Å². The molecular formula is C21H22F3NO3. The highest BCUT2D eigenvalue weighted by Crippen LogP contribution is 2.38. The summed E-state index contributed by atoms with van der Waals surface area (Å²) in [4.78, 5) is 13.5. The molecule has 2 unspecified atom stereocenters. The second kappa shape index (κ2) is 8.22. The molecule has 0 radical (unpaired) electrons. The van der Waals surface area contributed by atoms with Crippen LogP contribution < -0.4 is 4.74 Å². The molecule has 7 heteroatoms. The van der Waals surface area contributed by atoms with E-state index >= 15 is 0 Å². The first-order valence-corrected chi connectivity index (χ1v) is 9.19. The summed E-state index contributed by atoms with van der Waals surface area (Å²) < 4.78 is 45.3. The van der Waals surface area contributed by atoms with Crippen LogP contribution in [0.3, 0.4) is 0 Å². The molecule has 2 aromatic rings. The lowest BCUT2D eigenvalue weighted by molar-refractivity contribution is -0.143. The van der Waals surface area contributed by atoms with Crippen LogP contribution in [0, 0.1) is 0 Å². The molecule has 1 fully saturated rings. The normalized spacial score (nSPS) is 18.8. The molecule has 150 valence electrons. The predicted molar refractivity (Wildman–Crippen MR) is 98.3 cm³/mol. The molecular weight excluding hydrogens is 371 g/mol. The van der Waals surface area contributed by atoms with Crippen LogP contribution in [0.2, 0.25) is 0 Å². The largest absolute Gasteiger partial charge is 0.494 e. The molecule has 1 saturated heterocycles. The Kier molecular flexibility index (Phi) is 5.93. The van der Waals surface area contributed by atoms with Gasteiger partial charge in [-0.05, 0) is 55.2 Å². The molecule has 0 aromatic heterocycles. The molecule has 0 bridgehead atoms. The number of halogens is 3. The van der Waals surface area contributed by atoms with Crippen molar-refractivity contribution >= 4 is 5.97 Å². The molecule has 0 spiro atoms. The van der Waals surface area contributed by atoms with Gasteiger partial charge in [-0.15, -0.1) is 0 Å². The summed E-state index contributed by atoms with van der Waals surface area (Å²) in [6.07, 6.45) is -3.32. The zero-order valence-electron chi connectivity index (χ0n) is 15.4. The van der Waals surface area contributed by atoms with Crippen molar-refractivity contribution in [2.45, 2.75) is 38.0 Å². The fourth-order valence-electron chi connectivity index (χ4n) is 3.76. The van der Waals surface area contributed by atoms with Gasteiger partial charge in [-0.3, -0.25) is 9.69 Å². The fraction of sp³-hybridized carbons (Fsp3) is 0.381. The van der Waals surface area contributed by atoms with Crippen molar-refractivity contribution in [1.82, 2.24) is 4.90 Å². The van der Waals surface area contributed by atoms with Crippen molar-refractivity contribution in [2.75, 3.05) is 13.2 Å². The van der Waals surface area contributed by atoms with Gasteiger partial charge < -0.3 is 9.84 Å². The molecule has 1 aliphatic rings. The maximum Gasteiger partial charge on any atom is 0.416 e. The Bertz CT molecular complexity index is 838. The highest BCUT2D eigenvalue weighted by atomic mass is 19.4. The minimum Gasteiger partial charge on any atom is -0.494 e. The summed E-state index contributed by atoms with van der Waals surface area (Å²) in [6, 6.07) is 10.9. The number of likely N-dealkylation sites (tertiary alicyclic amines) is 1. The molecule has 2 atom stereocenters. The van der Waals surface area contributed by atoms with E-state index < -0.39 is 29.8 Å². The van der Waals surface area contributed by atoms with Crippen LogP contribution in [0.15, 0.2) is 48.5 Å². The molecule has 2 aromatic carbocycles. The van der Waals surface area contributed by atoms with Gasteiger partial charge in [0.1, 0.15) is 11.8 Å². The first-order valence-electron chi connectivity index (χ1n) is 9.19. The van der Waals surface area contributed by atoms with Crippen molar-refractivity contribution in [3.63, 3.8) is 0 Å². The Morgan fingerprint density at radius 2 is 1.89 bits per heavy atom. The van der Waals surface area contributed by atoms with Crippen LogP contribution in [0.4, 0.5) is 13.2 Å². The Morgan fingerprint density at radius 1 is 1.21 bits per heavy atom. The second-order valence-corrected chi connectivity index (χ2v) is 6.77. The lowest BCUT2D eigenvalue weighted by Crippen LogP contribution is -2.39. The van der Waals surface area contributed by atoms with E-state index in [2.05, 4.69) is 0 Å². The molecule has 0 saturated carbocycles. The zero-order chi connectivity index (χ0) is 20.3. The zero-order valence-corrected chi connectivity index (χ0v) is 15.4. The maximum atomic E-state index is 13.3. The molecule has 1 heterocycles. The monoisotopic (exact) mass is 393 g/mol. The third-order valence-corrected chi connectivity index (χ3v) is 4.93. The number of rotatable bonds is 6. The number of carbonyl (C=O) groups is 1. The van der Waals surface area contributed by atoms with Crippen LogP contribution in [-0.4, -0.2) is 35.2 Å². The summed E-state index contributed by atoms with van der Waals surface area (Å²) >= 11 is 0. The van der Waals surface area contributed by atoms with E-state index in [0.717, 1.165) is 12.1 Å². The van der Waals surface area contributed by atoms with Crippen molar-refractivity contribution < 1.29 is 27.8 Å². The van der Waals surface area contributed by atoms with Crippen LogP contribution in [0.5, 0.6) is 5.75 Å². The number of carboxylic acids is 1. The number of aliphatic carboxylic acids is 1. The molecule has 3 rings (SSSR count). The first-order chi connectivity index (χ1) is 13.3. The van der Waals surface area contributed by atoms with Crippen LogP contribution in [0.25, 0.3) is 0 Å². The minimum absolute atomic E-state index is 0.414. The summed E-state index contributed by atoms with van der Waals surface area (Å²) in [5, 5.41) is 9.60. The van der Waals surface area contributed by atoms with E-state index in [1.165, 1.54) is 6.07 Å². The van der Waals surface area contributed by atoms with Gasteiger partial charge in [0.25, 0.3) is 0 Å². The number of hydrogen-bond acceptors (Lipinski definition) is 3. The summed E-state index contributed by atoms with van der Waals surface area (Å²) in [6.45, 7) is 2.80. The summed E-state index contributed by atoms with van der Waals surface area (Å²) in [5.41, 5.74) is 0.372. The highest BCUT2D eigenvalue weighted by molar-refractivity contribution is 5.74. The lowest BCUT2D eigenvalue weighted by Gasteiger charge is -2.32. The lowest BCUT2D eigenvalue weighted by atomic mass is 9.94. The van der Waals surface area contributed by atoms with Crippen LogP contribution in [-0.2, 0) is 11.0 Å². The van der Waals surface area contributed by atoms with Gasteiger partial charge in [0.05, 0.1) is 18.2 Å². The topological polar surface area (TPSA) is 49.8 Å². The fourth-order valence-corrected chi connectivity index (χ4v) is 3.76. The highest BCUT2D eigenvalue weighted by Gasteiger charge is 2.38. The Labute approximate surface area is 161 Å². The Balaban J connectivity index is 2.10. The molecule has 4 nitrogen and oxygen atoms in total. The Hall–Kier alpha value is -2.54. The van der Waals surface area contributed by atoms with Gasteiger partial charge in [0.2, 0.25) is 0 Å². The van der Waals surface area contributed by atoms with Gasteiger partial charge in [0, 0.05) is 6.54 Å². The first kappa shape index (κ1) is 20.2. The summed E-state index contributed by atoms with van der Waals surface area (Å²) in [7, 11) is 0. The van der Waals surface area contributed by atoms with Crippen LogP contribution >= 0.6 is 0 Å². The van der Waals surface area contributed by atoms with Gasteiger partial charge >= 0.3 is 12.1 Å². The number of alkyl halides is 3. The number of nitrogens with zero attached hydrogens (tertiary/aromatic N) is 1. The van der Waals surface area contributed by atoms with E-state index in [1.807, 2.05) is 6.92 Å². The van der Waals surface area contributed by atoms with Gasteiger partial charge in [-0.1, -0.05) is 24.3 Å². The summed E-state index contributed by atoms with van der Waals surface area (Å²) in [5.74, 6) is -0.363. The molecule has 0 aliphatic carbocycles. The average Bonchev–Trinajstić information content (AvgIpc) is 3.12. The van der Waals surface area contributed by atoms with Gasteiger partial charge in [-0.2, -0.15) is 13.2 Å². The Morgan fingerprint density at radius 3 is 2.54 bits per heavy atom. The minimum atomic E-state index is -4.47. The molecule has 0 amide bonds. The average molecular weight is 393 g/mol. The number of hydrogen-bond donors (Lipinski definition) is 1. The predicted octanol–water partition coefficient (Wildman–Crippen LogP) is 4.74. The van der Waals surface area contributed by atoms with Crippen molar-refractivity contribution in [1.29, 1.82) is 0 Å². The van der Waals surface area contributed by atoms with E-state index in [4.69, 9.17) is 4.74 Å². The smallest absolute Gasteiger partial charge is 0.416 e. The van der Waals surface area contributed by atoms with E-state index in [9.17, 15) is 23.1 Å². The number of ether oxygens (including phenoxy) is 1. The standard InChI is InChI=1S/C21H22F3NO3/c1-2-28-17-9-4-7-15(13-17)19(25-11-5-10-18(25)20(26)27)14-6-3-8-16(12-14)21(22,23)24/h3-4,6-9,12-13,18-19H,2,5,10-11H2,1H3,(H,26,27). The number of benzene rings is 2. The van der Waals surface area contributed by atoms with Crippen molar-refractivity contribution in [3.05, 3.63) is 65.2 Å². The van der Waals surface area contributed by atoms with Crippen LogP contribution in [0.1, 0.15) is 42.5 Å². The van der Waals surface area contributed by atoms with E-state index in [-0.39, 0.29) is 0 Å². The third kappa shape index (κ3) is 4.30. The molecule has 1 N–H and O–H groups in total. The quantitative estimate of drug-likeness (QED) is 0.770. The maximum absolute atomic E-state index is 13.3. The van der Waals surface area contributed by atoms with Gasteiger partial charge in [0.15, 0.2) is 0 Å². The third-order valence-electron chi connectivity index (χ3n) is 4.93. The van der Waals surface area contributed by atoms with Gasteiger partial charge in [-0.25, -0.2) is 0 Å². The SMILES string of the molecule is CCOc1cccc(C(c2cccc(C(F)(F)F)c2)N2CCCC2C(=O)O)c1. The molecule has 1 aliphatic heterocycles. The van der Waals surface area contributed by atoms with Crippen molar-refractivity contribution in [3.8, 4) is 5.75 Å². The molecule has 28 heavy (non-hydrogen) atoms. The number of carboxylic acid groups (broad SMARTS) is 1. The van der Waals surface area contributed by atoms with E-state index in [0.29, 0.717) is 42.9 Å². The van der Waals surface area contributed by atoms with Crippen molar-refractivity contribution in [2.24, 2.45) is 0 Å². The second-order valence-electron chi connectivity index (χ2n) is 6.77.